The number of hydrogen-bond acceptors (Lipinski definition) is 5. The number of nitrogens with zero attached hydrogens (tertiary/aromatic N) is 2. The highest BCUT2D eigenvalue weighted by Crippen LogP contribution is 2.11. The predicted octanol–water partition coefficient (Wildman–Crippen LogP) is 0.582. The van der Waals surface area contributed by atoms with E-state index in [1.54, 1.807) is 11.8 Å². The Hall–Kier alpha value is -1.96. The summed E-state index contributed by atoms with van der Waals surface area (Å²) in [6.45, 7) is 3.06. The van der Waals surface area contributed by atoms with E-state index < -0.39 is 17.9 Å². The van der Waals surface area contributed by atoms with Crippen LogP contribution >= 0.6 is 11.3 Å². The van der Waals surface area contributed by atoms with Crippen molar-refractivity contribution in [1.29, 1.82) is 0 Å². The monoisotopic (exact) mass is 297 g/mol. The molecule has 1 aromatic heterocycles. The Morgan fingerprint density at radius 1 is 1.40 bits per heavy atom. The van der Waals surface area contributed by atoms with Crippen molar-refractivity contribution in [2.75, 3.05) is 13.1 Å². The Morgan fingerprint density at radius 3 is 2.60 bits per heavy atom. The van der Waals surface area contributed by atoms with E-state index in [9.17, 15) is 14.4 Å². The van der Waals surface area contributed by atoms with E-state index in [-0.39, 0.29) is 16.6 Å². The average Bonchev–Trinajstić information content (AvgIpc) is 3.08. The fourth-order valence-electron chi connectivity index (χ4n) is 2.02. The van der Waals surface area contributed by atoms with Crippen LogP contribution in [-0.4, -0.2) is 51.9 Å². The van der Waals surface area contributed by atoms with Crippen LogP contribution in [-0.2, 0) is 4.79 Å². The number of likely N-dealkylation sites (tertiary alicyclic amines) is 1. The molecule has 1 atom stereocenters. The van der Waals surface area contributed by atoms with Crippen molar-refractivity contribution < 1.29 is 19.5 Å². The van der Waals surface area contributed by atoms with Crippen LogP contribution in [0.15, 0.2) is 5.38 Å². The second kappa shape index (κ2) is 6.00. The largest absolute Gasteiger partial charge is 0.476 e. The normalized spacial score (nSPS) is 15.9. The van der Waals surface area contributed by atoms with Gasteiger partial charge in [0, 0.05) is 18.5 Å². The van der Waals surface area contributed by atoms with E-state index in [1.165, 1.54) is 5.38 Å². The smallest absolute Gasteiger partial charge is 0.365 e. The van der Waals surface area contributed by atoms with Crippen molar-refractivity contribution in [3.8, 4) is 0 Å². The number of carbonyl (C=O) groups is 3. The second-order valence-electron chi connectivity index (χ2n) is 4.57. The molecule has 1 aromatic rings. The first-order valence-electron chi connectivity index (χ1n) is 6.27. The van der Waals surface area contributed by atoms with Crippen LogP contribution in [0.4, 0.5) is 0 Å². The molecule has 1 aliphatic rings. The highest BCUT2D eigenvalue weighted by Gasteiger charge is 2.25. The van der Waals surface area contributed by atoms with Gasteiger partial charge >= 0.3 is 5.97 Å². The maximum Gasteiger partial charge on any atom is 0.365 e. The molecule has 0 radical (unpaired) electrons. The molecule has 20 heavy (non-hydrogen) atoms. The van der Waals surface area contributed by atoms with Crippen molar-refractivity contribution in [3.63, 3.8) is 0 Å². The predicted molar refractivity (Wildman–Crippen MR) is 71.8 cm³/mol. The molecule has 0 aliphatic carbocycles. The fourth-order valence-corrected chi connectivity index (χ4v) is 2.65. The molecule has 2 N–H and O–H groups in total. The lowest BCUT2D eigenvalue weighted by Gasteiger charge is -2.20. The van der Waals surface area contributed by atoms with Gasteiger partial charge in [0.15, 0.2) is 0 Å². The summed E-state index contributed by atoms with van der Waals surface area (Å²) in [4.78, 5) is 40.0. The number of nitrogens with one attached hydrogen (secondary N) is 1. The van der Waals surface area contributed by atoms with Crippen LogP contribution in [0.3, 0.4) is 0 Å². The first-order valence-corrected chi connectivity index (χ1v) is 7.15. The summed E-state index contributed by atoms with van der Waals surface area (Å²) in [6, 6.07) is -0.643. The van der Waals surface area contributed by atoms with E-state index in [0.717, 1.165) is 37.3 Å². The average molecular weight is 297 g/mol. The zero-order valence-electron chi connectivity index (χ0n) is 11.0. The Labute approximate surface area is 119 Å². The highest BCUT2D eigenvalue weighted by atomic mass is 32.1. The topological polar surface area (TPSA) is 99.6 Å². The minimum Gasteiger partial charge on any atom is -0.476 e. The van der Waals surface area contributed by atoms with E-state index in [0.29, 0.717) is 0 Å². The molecule has 8 heteroatoms. The standard InChI is InChI=1S/C12H15N3O4S/c1-7(11(17)15-4-2-3-5-15)13-9(16)8-6-20-10(14-8)12(18)19/h6-7H,2-5H2,1H3,(H,13,16)(H,18,19). The molecule has 2 rings (SSSR count). The van der Waals surface area contributed by atoms with Crippen molar-refractivity contribution in [2.45, 2.75) is 25.8 Å². The zero-order chi connectivity index (χ0) is 14.7. The van der Waals surface area contributed by atoms with E-state index in [2.05, 4.69) is 10.3 Å². The number of aromatic carboxylic acids is 1. The Balaban J connectivity index is 1.95. The van der Waals surface area contributed by atoms with Gasteiger partial charge in [0.2, 0.25) is 10.9 Å². The minimum absolute atomic E-state index is 0.0217. The van der Waals surface area contributed by atoms with Crippen molar-refractivity contribution in [2.24, 2.45) is 0 Å². The van der Waals surface area contributed by atoms with Crippen molar-refractivity contribution in [1.82, 2.24) is 15.2 Å². The van der Waals surface area contributed by atoms with Gasteiger partial charge < -0.3 is 15.3 Å². The van der Waals surface area contributed by atoms with Crippen LogP contribution in [0.25, 0.3) is 0 Å². The van der Waals surface area contributed by atoms with Crippen molar-refractivity contribution >= 4 is 29.1 Å². The van der Waals surface area contributed by atoms with Gasteiger partial charge in [-0.15, -0.1) is 11.3 Å². The first kappa shape index (κ1) is 14.4. The Bertz CT molecular complexity index is 537. The molecule has 0 bridgehead atoms. The molecule has 1 unspecified atom stereocenters. The number of rotatable bonds is 4. The van der Waals surface area contributed by atoms with Gasteiger partial charge in [0.1, 0.15) is 11.7 Å². The molecule has 7 nitrogen and oxygen atoms in total. The van der Waals surface area contributed by atoms with E-state index >= 15 is 0 Å². The molecule has 1 fully saturated rings. The summed E-state index contributed by atoms with van der Waals surface area (Å²) < 4.78 is 0. The van der Waals surface area contributed by atoms with Crippen LogP contribution in [0.2, 0.25) is 0 Å². The Morgan fingerprint density at radius 2 is 2.05 bits per heavy atom. The van der Waals surface area contributed by atoms with Crippen LogP contribution in [0.5, 0.6) is 0 Å². The lowest BCUT2D eigenvalue weighted by molar-refractivity contribution is -0.131. The minimum atomic E-state index is -1.17. The molecular weight excluding hydrogens is 282 g/mol. The number of amides is 2. The summed E-state index contributed by atoms with van der Waals surface area (Å²) in [5, 5.41) is 12.5. The van der Waals surface area contributed by atoms with Gasteiger partial charge in [-0.2, -0.15) is 0 Å². The van der Waals surface area contributed by atoms with Gasteiger partial charge in [0.05, 0.1) is 0 Å². The molecule has 2 amide bonds. The maximum atomic E-state index is 12.0. The molecule has 0 spiro atoms. The highest BCUT2D eigenvalue weighted by molar-refractivity contribution is 7.11. The third kappa shape index (κ3) is 3.13. The number of carboxylic acid groups (broad SMARTS) is 1. The number of carboxylic acids is 1. The summed E-state index contributed by atoms with van der Waals surface area (Å²) in [6.07, 6.45) is 1.97. The van der Waals surface area contributed by atoms with Crippen LogP contribution in [0.1, 0.15) is 40.1 Å². The van der Waals surface area contributed by atoms with Crippen LogP contribution in [0, 0.1) is 0 Å². The summed E-state index contributed by atoms with van der Waals surface area (Å²) >= 11 is 0.880. The lowest BCUT2D eigenvalue weighted by atomic mass is 10.2. The third-order valence-corrected chi connectivity index (χ3v) is 3.89. The molecular formula is C12H15N3O4S. The number of carbonyl (C=O) groups excluding carboxylic acids is 2. The molecule has 0 saturated carbocycles. The van der Waals surface area contributed by atoms with Crippen molar-refractivity contribution in [3.05, 3.63) is 16.1 Å². The summed E-state index contributed by atoms with van der Waals surface area (Å²) in [7, 11) is 0. The van der Waals surface area contributed by atoms with Gasteiger partial charge in [-0.3, -0.25) is 9.59 Å². The van der Waals surface area contributed by atoms with Gasteiger partial charge in [-0.25, -0.2) is 9.78 Å². The van der Waals surface area contributed by atoms with Gasteiger partial charge in [0.25, 0.3) is 5.91 Å². The number of aromatic nitrogens is 1. The summed E-state index contributed by atoms with van der Waals surface area (Å²) in [5.74, 6) is -1.83. The number of thiazole rings is 1. The molecule has 1 saturated heterocycles. The third-order valence-electron chi connectivity index (χ3n) is 3.06. The fraction of sp³-hybridized carbons (Fsp3) is 0.500. The van der Waals surface area contributed by atoms with Gasteiger partial charge in [-0.1, -0.05) is 0 Å². The van der Waals surface area contributed by atoms with E-state index in [4.69, 9.17) is 5.11 Å². The molecule has 2 heterocycles. The quantitative estimate of drug-likeness (QED) is 0.847. The van der Waals surface area contributed by atoms with Crippen LogP contribution < -0.4 is 5.32 Å². The van der Waals surface area contributed by atoms with E-state index in [1.807, 2.05) is 0 Å². The molecule has 1 aliphatic heterocycles. The Kier molecular flexibility index (Phi) is 4.33. The molecule has 0 aromatic carbocycles. The first-order chi connectivity index (χ1) is 9.49. The second-order valence-corrected chi connectivity index (χ2v) is 5.43. The molecule has 108 valence electrons. The lowest BCUT2D eigenvalue weighted by Crippen LogP contribution is -2.46. The summed E-state index contributed by atoms with van der Waals surface area (Å²) in [5.41, 5.74) is 0.0217. The number of hydrogen-bond donors (Lipinski definition) is 2. The maximum absolute atomic E-state index is 12.0. The SMILES string of the molecule is CC(NC(=O)c1csc(C(=O)O)n1)C(=O)N1CCCC1. The van der Waals surface area contributed by atoms with Gasteiger partial charge in [-0.05, 0) is 19.8 Å². The zero-order valence-corrected chi connectivity index (χ0v) is 11.8.